The summed E-state index contributed by atoms with van der Waals surface area (Å²) >= 11 is 0. The highest BCUT2D eigenvalue weighted by Crippen LogP contribution is 2.27. The van der Waals surface area contributed by atoms with Gasteiger partial charge in [0.1, 0.15) is 5.82 Å². The number of fused-ring (bicyclic) bond motifs is 2. The molecule has 6 nitrogen and oxygen atoms in total. The minimum atomic E-state index is 0.522. The van der Waals surface area contributed by atoms with Crippen LogP contribution in [0.2, 0.25) is 0 Å². The van der Waals surface area contributed by atoms with E-state index in [-0.39, 0.29) is 0 Å². The van der Waals surface area contributed by atoms with E-state index in [1.54, 1.807) is 16.9 Å². The highest BCUT2D eigenvalue weighted by Gasteiger charge is 2.14. The van der Waals surface area contributed by atoms with E-state index in [4.69, 9.17) is 10.1 Å². The molecule has 0 fully saturated rings. The number of hydrogen-bond acceptors (Lipinski definition) is 5. The highest BCUT2D eigenvalue weighted by atomic mass is 15.4. The molecule has 3 aromatic heterocycles. The lowest BCUT2D eigenvalue weighted by atomic mass is 10.1. The molecule has 0 amide bonds. The number of aromatic nitrogens is 5. The minimum Gasteiger partial charge on any atom is -0.340 e. The van der Waals surface area contributed by atoms with Gasteiger partial charge in [0.25, 0.3) is 5.78 Å². The van der Waals surface area contributed by atoms with E-state index < -0.39 is 0 Å². The molecular weight excluding hydrogens is 396 g/mol. The summed E-state index contributed by atoms with van der Waals surface area (Å²) < 4.78 is 1.74. The molecule has 0 aliphatic carbocycles. The van der Waals surface area contributed by atoms with Crippen LogP contribution in [0, 0.1) is 0 Å². The maximum atomic E-state index is 4.77. The molecule has 0 aliphatic heterocycles. The monoisotopic (exact) mass is 414 g/mol. The first kappa shape index (κ1) is 18.2. The van der Waals surface area contributed by atoms with E-state index in [1.165, 1.54) is 10.8 Å². The Kier molecular flexibility index (Phi) is 4.32. The van der Waals surface area contributed by atoms with Gasteiger partial charge in [-0.15, -0.1) is 5.10 Å². The van der Waals surface area contributed by atoms with Gasteiger partial charge in [0.2, 0.25) is 0 Å². The van der Waals surface area contributed by atoms with Crippen LogP contribution in [-0.4, -0.2) is 24.6 Å². The van der Waals surface area contributed by atoms with Crippen molar-refractivity contribution in [2.45, 2.75) is 0 Å². The third-order valence-corrected chi connectivity index (χ3v) is 5.32. The maximum absolute atomic E-state index is 4.77. The van der Waals surface area contributed by atoms with Crippen LogP contribution in [0.1, 0.15) is 0 Å². The van der Waals surface area contributed by atoms with Crippen LogP contribution in [0.15, 0.2) is 103 Å². The molecule has 0 saturated carbocycles. The zero-order valence-corrected chi connectivity index (χ0v) is 17.1. The summed E-state index contributed by atoms with van der Waals surface area (Å²) in [6.45, 7) is 0. The first-order valence-corrected chi connectivity index (χ1v) is 10.3. The summed E-state index contributed by atoms with van der Waals surface area (Å²) in [5.74, 6) is 1.89. The van der Waals surface area contributed by atoms with Gasteiger partial charge in [0, 0.05) is 35.3 Å². The number of pyridine rings is 1. The zero-order chi connectivity index (χ0) is 21.3. The average molecular weight is 414 g/mol. The van der Waals surface area contributed by atoms with Gasteiger partial charge < -0.3 is 5.32 Å². The lowest BCUT2D eigenvalue weighted by molar-refractivity contribution is 0.951. The van der Waals surface area contributed by atoms with Crippen LogP contribution in [-0.2, 0) is 0 Å². The Balaban J connectivity index is 1.51. The zero-order valence-electron chi connectivity index (χ0n) is 17.1. The molecule has 6 heteroatoms. The fraction of sp³-hybridized carbons (Fsp3) is 0. The van der Waals surface area contributed by atoms with Gasteiger partial charge in [0.15, 0.2) is 5.82 Å². The molecule has 3 heterocycles. The van der Waals surface area contributed by atoms with Crippen LogP contribution in [0.3, 0.4) is 0 Å². The lowest BCUT2D eigenvalue weighted by Crippen LogP contribution is -2.02. The molecule has 6 aromatic rings. The van der Waals surface area contributed by atoms with Gasteiger partial charge in [-0.3, -0.25) is 4.98 Å². The van der Waals surface area contributed by atoms with Crippen molar-refractivity contribution in [1.82, 2.24) is 24.6 Å². The molecule has 0 radical (unpaired) electrons. The molecule has 0 aliphatic rings. The second kappa shape index (κ2) is 7.59. The predicted octanol–water partition coefficient (Wildman–Crippen LogP) is 5.75. The molecular formula is C26H18N6. The summed E-state index contributed by atoms with van der Waals surface area (Å²) in [6, 6.07) is 30.5. The Morgan fingerprint density at radius 3 is 2.34 bits per heavy atom. The van der Waals surface area contributed by atoms with Crippen LogP contribution in [0.25, 0.3) is 39.2 Å². The van der Waals surface area contributed by atoms with Crippen molar-refractivity contribution in [3.05, 3.63) is 103 Å². The van der Waals surface area contributed by atoms with Crippen LogP contribution in [0.5, 0.6) is 0 Å². The van der Waals surface area contributed by atoms with E-state index in [1.807, 2.05) is 60.7 Å². The van der Waals surface area contributed by atoms with Crippen molar-refractivity contribution < 1.29 is 0 Å². The van der Waals surface area contributed by atoms with Gasteiger partial charge in [-0.1, -0.05) is 60.7 Å². The fourth-order valence-corrected chi connectivity index (χ4v) is 3.75. The van der Waals surface area contributed by atoms with E-state index in [0.717, 1.165) is 28.3 Å². The van der Waals surface area contributed by atoms with Gasteiger partial charge in [-0.05, 0) is 35.0 Å². The second-order valence-electron chi connectivity index (χ2n) is 7.47. The second-order valence-corrected chi connectivity index (χ2v) is 7.47. The molecule has 32 heavy (non-hydrogen) atoms. The van der Waals surface area contributed by atoms with Gasteiger partial charge >= 0.3 is 0 Å². The first-order valence-electron chi connectivity index (χ1n) is 10.3. The number of hydrogen-bond donors (Lipinski definition) is 1. The maximum Gasteiger partial charge on any atom is 0.255 e. The highest BCUT2D eigenvalue weighted by molar-refractivity contribution is 5.86. The Morgan fingerprint density at radius 2 is 1.50 bits per heavy atom. The molecule has 0 saturated heterocycles. The normalized spacial score (nSPS) is 11.1. The minimum absolute atomic E-state index is 0.522. The summed E-state index contributed by atoms with van der Waals surface area (Å²) in [5, 5.41) is 10.6. The Hall–Kier alpha value is -4.58. The Bertz CT molecular complexity index is 1540. The smallest absolute Gasteiger partial charge is 0.255 e. The first-order chi connectivity index (χ1) is 15.8. The Morgan fingerprint density at radius 1 is 0.688 bits per heavy atom. The summed E-state index contributed by atoms with van der Waals surface area (Å²) in [7, 11) is 0. The van der Waals surface area contributed by atoms with Gasteiger partial charge in [0.05, 0.1) is 5.69 Å². The molecule has 0 unspecified atom stereocenters. The average Bonchev–Trinajstić information content (AvgIpc) is 3.30. The van der Waals surface area contributed by atoms with E-state index >= 15 is 0 Å². The fourth-order valence-electron chi connectivity index (χ4n) is 3.75. The summed E-state index contributed by atoms with van der Waals surface area (Å²) in [5.41, 5.74) is 3.65. The molecule has 1 N–H and O–H groups in total. The van der Waals surface area contributed by atoms with Crippen LogP contribution < -0.4 is 5.32 Å². The van der Waals surface area contributed by atoms with Gasteiger partial charge in [-0.25, -0.2) is 4.98 Å². The van der Waals surface area contributed by atoms with Gasteiger partial charge in [-0.2, -0.15) is 9.50 Å². The summed E-state index contributed by atoms with van der Waals surface area (Å²) in [6.07, 6.45) is 3.49. The quantitative estimate of drug-likeness (QED) is 0.398. The number of nitrogens with one attached hydrogen (secondary N) is 1. The standard InChI is InChI=1S/C26H18N6/c1-2-8-19(9-3-1)23-16-24(28-22-13-12-18-7-4-5-10-20(18)15-22)32-26(29-23)30-25(31-32)21-11-6-14-27-17-21/h1-17,28H. The Labute approximate surface area is 184 Å². The molecule has 152 valence electrons. The van der Waals surface area contributed by atoms with Crippen molar-refractivity contribution in [2.24, 2.45) is 0 Å². The molecule has 0 atom stereocenters. The third kappa shape index (κ3) is 3.33. The van der Waals surface area contributed by atoms with Crippen molar-refractivity contribution in [3.63, 3.8) is 0 Å². The van der Waals surface area contributed by atoms with E-state index in [0.29, 0.717) is 11.6 Å². The molecule has 3 aromatic carbocycles. The topological polar surface area (TPSA) is 68.0 Å². The van der Waals surface area contributed by atoms with Crippen LogP contribution >= 0.6 is 0 Å². The molecule has 6 rings (SSSR count). The third-order valence-electron chi connectivity index (χ3n) is 5.32. The van der Waals surface area contributed by atoms with Crippen molar-refractivity contribution in [1.29, 1.82) is 0 Å². The summed E-state index contributed by atoms with van der Waals surface area (Å²) in [4.78, 5) is 13.6. The number of nitrogens with zero attached hydrogens (tertiary/aromatic N) is 5. The van der Waals surface area contributed by atoms with Crippen molar-refractivity contribution >= 4 is 28.1 Å². The number of benzene rings is 3. The number of anilines is 2. The predicted molar refractivity (Wildman–Crippen MR) is 127 cm³/mol. The molecule has 0 spiro atoms. The lowest BCUT2D eigenvalue weighted by Gasteiger charge is -2.11. The largest absolute Gasteiger partial charge is 0.340 e. The van der Waals surface area contributed by atoms with Crippen molar-refractivity contribution in [2.75, 3.05) is 5.32 Å². The van der Waals surface area contributed by atoms with E-state index in [9.17, 15) is 0 Å². The van der Waals surface area contributed by atoms with E-state index in [2.05, 4.69) is 45.6 Å². The van der Waals surface area contributed by atoms with Crippen LogP contribution in [0.4, 0.5) is 11.5 Å². The molecule has 0 bridgehead atoms. The SMILES string of the molecule is c1ccc(-c2cc(Nc3ccc4ccccc4c3)n3nc(-c4cccnc4)nc3n2)cc1. The number of rotatable bonds is 4. The van der Waals surface area contributed by atoms with Crippen molar-refractivity contribution in [3.8, 4) is 22.6 Å².